The number of anilines is 1. The highest BCUT2D eigenvalue weighted by molar-refractivity contribution is 5.89. The van der Waals surface area contributed by atoms with Crippen molar-refractivity contribution in [3.8, 4) is 5.75 Å². The van der Waals surface area contributed by atoms with Gasteiger partial charge in [0.25, 0.3) is 0 Å². The highest BCUT2D eigenvalue weighted by Gasteiger charge is 2.33. The number of aromatic nitrogens is 2. The maximum Gasteiger partial charge on any atom is 0.322 e. The van der Waals surface area contributed by atoms with Gasteiger partial charge in [-0.2, -0.15) is 4.98 Å². The normalized spacial score (nSPS) is 17.3. The number of likely N-dealkylation sites (tertiary alicyclic amines) is 1. The maximum absolute atomic E-state index is 12.5. The van der Waals surface area contributed by atoms with E-state index in [4.69, 9.17) is 9.26 Å². The standard InChI is InChI=1S/C16H20N4O3/c1-3-22-13-8-6-12(7-9-13)18-16(21)20-10-4-5-14(20)15-17-11(2)19-23-15/h6-9,14H,3-5,10H2,1-2H3,(H,18,21). The summed E-state index contributed by atoms with van der Waals surface area (Å²) in [5.74, 6) is 1.87. The van der Waals surface area contributed by atoms with Gasteiger partial charge in [0.2, 0.25) is 5.89 Å². The number of nitrogens with zero attached hydrogens (tertiary/aromatic N) is 3. The van der Waals surface area contributed by atoms with Gasteiger partial charge in [0.1, 0.15) is 11.8 Å². The summed E-state index contributed by atoms with van der Waals surface area (Å²) in [4.78, 5) is 18.5. The molecule has 1 aromatic heterocycles. The molecule has 7 nitrogen and oxygen atoms in total. The van der Waals surface area contributed by atoms with E-state index in [0.29, 0.717) is 24.9 Å². The second kappa shape index (κ2) is 6.68. The van der Waals surface area contributed by atoms with Crippen LogP contribution in [0.25, 0.3) is 0 Å². The van der Waals surface area contributed by atoms with Crippen molar-refractivity contribution < 1.29 is 14.1 Å². The molecule has 3 rings (SSSR count). The second-order valence-corrected chi connectivity index (χ2v) is 5.42. The van der Waals surface area contributed by atoms with Crippen LogP contribution >= 0.6 is 0 Å². The molecular formula is C16H20N4O3. The van der Waals surface area contributed by atoms with E-state index >= 15 is 0 Å². The van der Waals surface area contributed by atoms with Crippen molar-refractivity contribution in [2.45, 2.75) is 32.7 Å². The predicted molar refractivity (Wildman–Crippen MR) is 84.3 cm³/mol. The van der Waals surface area contributed by atoms with Crippen molar-refractivity contribution in [2.75, 3.05) is 18.5 Å². The van der Waals surface area contributed by atoms with E-state index in [1.165, 1.54) is 0 Å². The van der Waals surface area contributed by atoms with Crippen LogP contribution in [0.2, 0.25) is 0 Å². The zero-order valence-electron chi connectivity index (χ0n) is 13.3. The number of amides is 2. The van der Waals surface area contributed by atoms with Gasteiger partial charge in [-0.3, -0.25) is 0 Å². The Labute approximate surface area is 134 Å². The maximum atomic E-state index is 12.5. The zero-order valence-corrected chi connectivity index (χ0v) is 13.3. The first-order chi connectivity index (χ1) is 11.2. The third-order valence-corrected chi connectivity index (χ3v) is 3.76. The van der Waals surface area contributed by atoms with E-state index in [0.717, 1.165) is 24.3 Å². The van der Waals surface area contributed by atoms with Crippen LogP contribution in [-0.2, 0) is 0 Å². The van der Waals surface area contributed by atoms with E-state index in [1.807, 2.05) is 31.2 Å². The van der Waals surface area contributed by atoms with Gasteiger partial charge < -0.3 is 19.5 Å². The fourth-order valence-electron chi connectivity index (χ4n) is 2.71. The van der Waals surface area contributed by atoms with Crippen LogP contribution in [0.5, 0.6) is 5.75 Å². The number of benzene rings is 1. The summed E-state index contributed by atoms with van der Waals surface area (Å²) in [6, 6.07) is 7.01. The SMILES string of the molecule is CCOc1ccc(NC(=O)N2CCCC2c2nc(C)no2)cc1. The number of ether oxygens (including phenoxy) is 1. The Morgan fingerprint density at radius 1 is 1.43 bits per heavy atom. The topological polar surface area (TPSA) is 80.5 Å². The van der Waals surface area contributed by atoms with Crippen LogP contribution < -0.4 is 10.1 Å². The fraction of sp³-hybridized carbons (Fsp3) is 0.438. The van der Waals surface area contributed by atoms with Gasteiger partial charge in [-0.05, 0) is 51.0 Å². The molecule has 2 heterocycles. The molecule has 2 amide bonds. The van der Waals surface area contributed by atoms with Crippen molar-refractivity contribution in [1.29, 1.82) is 0 Å². The molecule has 1 aliphatic heterocycles. The number of hydrogen-bond acceptors (Lipinski definition) is 5. The molecule has 1 unspecified atom stereocenters. The Morgan fingerprint density at radius 3 is 2.87 bits per heavy atom. The van der Waals surface area contributed by atoms with Gasteiger partial charge >= 0.3 is 6.03 Å². The lowest BCUT2D eigenvalue weighted by atomic mass is 10.2. The quantitative estimate of drug-likeness (QED) is 0.937. The molecule has 1 N–H and O–H groups in total. The first kappa shape index (κ1) is 15.3. The van der Waals surface area contributed by atoms with E-state index in [1.54, 1.807) is 11.8 Å². The van der Waals surface area contributed by atoms with E-state index in [-0.39, 0.29) is 12.1 Å². The number of rotatable bonds is 4. The highest BCUT2D eigenvalue weighted by atomic mass is 16.5. The second-order valence-electron chi connectivity index (χ2n) is 5.42. The fourth-order valence-corrected chi connectivity index (χ4v) is 2.71. The van der Waals surface area contributed by atoms with Crippen molar-refractivity contribution in [3.63, 3.8) is 0 Å². The molecule has 1 aliphatic rings. The molecule has 0 spiro atoms. The van der Waals surface area contributed by atoms with Crippen molar-refractivity contribution in [2.24, 2.45) is 0 Å². The van der Waals surface area contributed by atoms with Crippen LogP contribution in [0.4, 0.5) is 10.5 Å². The van der Waals surface area contributed by atoms with E-state index in [2.05, 4.69) is 15.5 Å². The molecule has 1 atom stereocenters. The van der Waals surface area contributed by atoms with Gasteiger partial charge in [-0.1, -0.05) is 5.16 Å². The number of nitrogens with one attached hydrogen (secondary N) is 1. The summed E-state index contributed by atoms with van der Waals surface area (Å²) < 4.78 is 10.6. The molecule has 1 saturated heterocycles. The number of carbonyl (C=O) groups is 1. The van der Waals surface area contributed by atoms with Gasteiger partial charge in [0, 0.05) is 12.2 Å². The largest absolute Gasteiger partial charge is 0.494 e. The third-order valence-electron chi connectivity index (χ3n) is 3.76. The molecule has 1 aromatic carbocycles. The van der Waals surface area contributed by atoms with Crippen LogP contribution in [-0.4, -0.2) is 34.2 Å². The average molecular weight is 316 g/mol. The van der Waals surface area contributed by atoms with Crippen LogP contribution in [0, 0.1) is 6.92 Å². The van der Waals surface area contributed by atoms with Crippen LogP contribution in [0.1, 0.15) is 37.5 Å². The molecule has 0 aliphatic carbocycles. The first-order valence-electron chi connectivity index (χ1n) is 7.78. The summed E-state index contributed by atoms with van der Waals surface area (Å²) in [6.45, 7) is 4.99. The Balaban J connectivity index is 1.67. The Morgan fingerprint density at radius 2 is 2.22 bits per heavy atom. The molecule has 23 heavy (non-hydrogen) atoms. The summed E-state index contributed by atoms with van der Waals surface area (Å²) in [7, 11) is 0. The first-order valence-corrected chi connectivity index (χ1v) is 7.78. The molecule has 7 heteroatoms. The molecular weight excluding hydrogens is 296 g/mol. The minimum Gasteiger partial charge on any atom is -0.494 e. The Kier molecular flexibility index (Phi) is 4.45. The average Bonchev–Trinajstić information content (AvgIpc) is 3.18. The minimum atomic E-state index is -0.160. The predicted octanol–water partition coefficient (Wildman–Crippen LogP) is 3.15. The van der Waals surface area contributed by atoms with E-state index in [9.17, 15) is 4.79 Å². The van der Waals surface area contributed by atoms with Gasteiger partial charge in [-0.15, -0.1) is 0 Å². The molecule has 0 saturated carbocycles. The van der Waals surface area contributed by atoms with Crippen molar-refractivity contribution in [1.82, 2.24) is 15.0 Å². The van der Waals surface area contributed by atoms with Crippen molar-refractivity contribution >= 4 is 11.7 Å². The summed E-state index contributed by atoms with van der Waals surface area (Å²) >= 11 is 0. The summed E-state index contributed by atoms with van der Waals surface area (Å²) in [6.07, 6.45) is 1.75. The Bertz CT molecular complexity index is 668. The lowest BCUT2D eigenvalue weighted by Gasteiger charge is -2.22. The monoisotopic (exact) mass is 316 g/mol. The summed E-state index contributed by atoms with van der Waals surface area (Å²) in [5.41, 5.74) is 0.728. The lowest BCUT2D eigenvalue weighted by Crippen LogP contribution is -2.34. The van der Waals surface area contributed by atoms with Crippen LogP contribution in [0.3, 0.4) is 0 Å². The molecule has 0 bridgehead atoms. The Hall–Kier alpha value is -2.57. The smallest absolute Gasteiger partial charge is 0.322 e. The minimum absolute atomic E-state index is 0.154. The molecule has 1 fully saturated rings. The number of carbonyl (C=O) groups excluding carboxylic acids is 1. The molecule has 2 aromatic rings. The highest BCUT2D eigenvalue weighted by Crippen LogP contribution is 2.31. The third kappa shape index (κ3) is 3.44. The van der Waals surface area contributed by atoms with Gasteiger partial charge in [0.15, 0.2) is 5.82 Å². The van der Waals surface area contributed by atoms with Crippen molar-refractivity contribution in [3.05, 3.63) is 36.0 Å². The number of hydrogen-bond donors (Lipinski definition) is 1. The number of aryl methyl sites for hydroxylation is 1. The van der Waals surface area contributed by atoms with E-state index < -0.39 is 0 Å². The van der Waals surface area contributed by atoms with Crippen LogP contribution in [0.15, 0.2) is 28.8 Å². The number of urea groups is 1. The molecule has 0 radical (unpaired) electrons. The van der Waals surface area contributed by atoms with Gasteiger partial charge in [0.05, 0.1) is 6.61 Å². The lowest BCUT2D eigenvalue weighted by molar-refractivity contribution is 0.193. The summed E-state index contributed by atoms with van der Waals surface area (Å²) in [5, 5.41) is 6.71. The van der Waals surface area contributed by atoms with Gasteiger partial charge in [-0.25, -0.2) is 4.79 Å². The molecule has 122 valence electrons. The zero-order chi connectivity index (χ0) is 16.2.